The van der Waals surface area contributed by atoms with Crippen molar-refractivity contribution in [2.45, 2.75) is 11.8 Å². The van der Waals surface area contributed by atoms with Gasteiger partial charge in [-0.3, -0.25) is 9.36 Å². The molecule has 5 rings (SSSR count). The van der Waals surface area contributed by atoms with Gasteiger partial charge in [-0.05, 0) is 65.7 Å². The molecule has 1 amide bonds. The first-order valence-electron chi connectivity index (χ1n) is 12.9. The van der Waals surface area contributed by atoms with Crippen molar-refractivity contribution in [3.8, 4) is 28.6 Å². The molecule has 0 aliphatic carbocycles. The Labute approximate surface area is 271 Å². The van der Waals surface area contributed by atoms with Crippen molar-refractivity contribution in [3.05, 3.63) is 117 Å². The standard InChI is InChI=1S/C31H24BrCl2N5O3S/c1-41-28-15-20(11-13-27(28)42-18-21-10-12-25(33)26(34)14-21)17-35-36-29(40)19-43-31-38-37-30(22-6-5-7-23(32)16-22)39(31)24-8-3-2-4-9-24/h2-17H,18-19H2,1H3,(H,36,40)/b35-17+. The van der Waals surface area contributed by atoms with Crippen LogP contribution in [0.25, 0.3) is 17.1 Å². The van der Waals surface area contributed by atoms with Crippen molar-refractivity contribution in [2.75, 3.05) is 12.9 Å². The minimum Gasteiger partial charge on any atom is -0.493 e. The van der Waals surface area contributed by atoms with Crippen LogP contribution < -0.4 is 14.9 Å². The van der Waals surface area contributed by atoms with Gasteiger partial charge in [0, 0.05) is 15.7 Å². The number of carbonyl (C=O) groups is 1. The van der Waals surface area contributed by atoms with Crippen LogP contribution in [-0.2, 0) is 11.4 Å². The molecule has 0 saturated heterocycles. The van der Waals surface area contributed by atoms with E-state index in [-0.39, 0.29) is 18.3 Å². The van der Waals surface area contributed by atoms with Crippen LogP contribution in [-0.4, -0.2) is 39.7 Å². The molecular weight excluding hydrogens is 673 g/mol. The number of nitrogens with one attached hydrogen (secondary N) is 1. The Bertz CT molecular complexity index is 1770. The molecule has 0 saturated carbocycles. The molecule has 0 spiro atoms. The quantitative estimate of drug-likeness (QED) is 0.0860. The van der Waals surface area contributed by atoms with Crippen LogP contribution in [0.1, 0.15) is 11.1 Å². The van der Waals surface area contributed by atoms with Gasteiger partial charge in [-0.15, -0.1) is 10.2 Å². The van der Waals surface area contributed by atoms with Crippen LogP contribution >= 0.6 is 50.9 Å². The zero-order valence-corrected chi connectivity index (χ0v) is 26.6. The number of benzene rings is 4. The lowest BCUT2D eigenvalue weighted by Gasteiger charge is -2.12. The molecule has 0 atom stereocenters. The molecule has 0 bridgehead atoms. The van der Waals surface area contributed by atoms with E-state index in [0.717, 1.165) is 21.3 Å². The fourth-order valence-electron chi connectivity index (χ4n) is 4.00. The molecule has 43 heavy (non-hydrogen) atoms. The Morgan fingerprint density at radius 2 is 1.81 bits per heavy atom. The van der Waals surface area contributed by atoms with Gasteiger partial charge in [-0.1, -0.05) is 87.3 Å². The summed E-state index contributed by atoms with van der Waals surface area (Å²) in [6, 6.07) is 28.3. The van der Waals surface area contributed by atoms with E-state index in [1.807, 2.05) is 71.3 Å². The molecule has 1 N–H and O–H groups in total. The van der Waals surface area contributed by atoms with E-state index in [0.29, 0.717) is 38.1 Å². The van der Waals surface area contributed by atoms with Crippen molar-refractivity contribution in [2.24, 2.45) is 5.10 Å². The summed E-state index contributed by atoms with van der Waals surface area (Å²) < 4.78 is 14.2. The summed E-state index contributed by atoms with van der Waals surface area (Å²) in [6.07, 6.45) is 1.53. The molecule has 1 aromatic heterocycles. The lowest BCUT2D eigenvalue weighted by Crippen LogP contribution is -2.20. The molecule has 0 aliphatic rings. The highest BCUT2D eigenvalue weighted by molar-refractivity contribution is 9.10. The molecule has 0 radical (unpaired) electrons. The summed E-state index contributed by atoms with van der Waals surface area (Å²) >= 11 is 16.9. The number of nitrogens with zero attached hydrogens (tertiary/aromatic N) is 4. The van der Waals surface area contributed by atoms with Gasteiger partial charge in [-0.2, -0.15) is 5.10 Å². The highest BCUT2D eigenvalue weighted by Crippen LogP contribution is 2.31. The number of carbonyl (C=O) groups excluding carboxylic acids is 1. The summed E-state index contributed by atoms with van der Waals surface area (Å²) in [4.78, 5) is 12.6. The number of rotatable bonds is 11. The first-order chi connectivity index (χ1) is 20.9. The molecule has 218 valence electrons. The highest BCUT2D eigenvalue weighted by atomic mass is 79.9. The zero-order valence-electron chi connectivity index (χ0n) is 22.7. The number of hydrogen-bond donors (Lipinski definition) is 1. The van der Waals surface area contributed by atoms with E-state index in [4.69, 9.17) is 32.7 Å². The monoisotopic (exact) mass is 695 g/mol. The first kappa shape index (κ1) is 30.6. The number of hydrazone groups is 1. The third-order valence-corrected chi connectivity index (χ3v) is 8.19. The molecular formula is C31H24BrCl2N5O3S. The van der Waals surface area contributed by atoms with Crippen molar-refractivity contribution in [3.63, 3.8) is 0 Å². The summed E-state index contributed by atoms with van der Waals surface area (Å²) in [5.74, 6) is 1.54. The second-order valence-electron chi connectivity index (χ2n) is 9.02. The smallest absolute Gasteiger partial charge is 0.250 e. The second-order valence-corrected chi connectivity index (χ2v) is 11.7. The Morgan fingerprint density at radius 1 is 0.977 bits per heavy atom. The minimum absolute atomic E-state index is 0.0889. The van der Waals surface area contributed by atoms with Crippen LogP contribution in [0.3, 0.4) is 0 Å². The van der Waals surface area contributed by atoms with Gasteiger partial charge in [0.1, 0.15) is 6.61 Å². The highest BCUT2D eigenvalue weighted by Gasteiger charge is 2.17. The summed E-state index contributed by atoms with van der Waals surface area (Å²) in [7, 11) is 1.55. The molecule has 12 heteroatoms. The van der Waals surface area contributed by atoms with E-state index in [2.05, 4.69) is 36.7 Å². The van der Waals surface area contributed by atoms with Gasteiger partial charge >= 0.3 is 0 Å². The molecule has 8 nitrogen and oxygen atoms in total. The third-order valence-electron chi connectivity index (χ3n) is 6.03. The van der Waals surface area contributed by atoms with E-state index >= 15 is 0 Å². The Hall–Kier alpha value is -3.83. The van der Waals surface area contributed by atoms with Crippen molar-refractivity contribution in [1.82, 2.24) is 20.2 Å². The number of methoxy groups -OCH3 is 1. The molecule has 4 aromatic carbocycles. The maximum absolute atomic E-state index is 12.6. The molecule has 0 fully saturated rings. The predicted octanol–water partition coefficient (Wildman–Crippen LogP) is 7.83. The van der Waals surface area contributed by atoms with E-state index in [1.54, 1.807) is 31.4 Å². The number of hydrogen-bond acceptors (Lipinski definition) is 7. The fraction of sp³-hybridized carbons (Fsp3) is 0.0968. The van der Waals surface area contributed by atoms with E-state index in [1.165, 1.54) is 18.0 Å². The molecule has 0 unspecified atom stereocenters. The largest absolute Gasteiger partial charge is 0.493 e. The van der Waals surface area contributed by atoms with Gasteiger partial charge in [-0.25, -0.2) is 5.43 Å². The van der Waals surface area contributed by atoms with Crippen LogP contribution in [0.4, 0.5) is 0 Å². The molecule has 5 aromatic rings. The normalized spacial score (nSPS) is 11.1. The number of amides is 1. The SMILES string of the molecule is COc1cc(/C=N/NC(=O)CSc2nnc(-c3cccc(Br)c3)n2-c2ccccc2)ccc1OCc1ccc(Cl)c(Cl)c1. The van der Waals surface area contributed by atoms with Crippen molar-refractivity contribution < 1.29 is 14.3 Å². The second kappa shape index (κ2) is 14.6. The summed E-state index contributed by atoms with van der Waals surface area (Å²) in [6.45, 7) is 0.289. The maximum Gasteiger partial charge on any atom is 0.250 e. The number of halogens is 3. The molecule has 0 aliphatic heterocycles. The van der Waals surface area contributed by atoms with Gasteiger partial charge < -0.3 is 9.47 Å². The zero-order chi connectivity index (χ0) is 30.2. The first-order valence-corrected chi connectivity index (χ1v) is 15.4. The number of thioether (sulfide) groups is 1. The third kappa shape index (κ3) is 7.97. The number of para-hydroxylation sites is 1. The predicted molar refractivity (Wildman–Crippen MR) is 175 cm³/mol. The lowest BCUT2D eigenvalue weighted by molar-refractivity contribution is -0.118. The van der Waals surface area contributed by atoms with Crippen LogP contribution in [0, 0.1) is 0 Å². The Morgan fingerprint density at radius 3 is 2.58 bits per heavy atom. The van der Waals surface area contributed by atoms with Crippen LogP contribution in [0.2, 0.25) is 10.0 Å². The summed E-state index contributed by atoms with van der Waals surface area (Å²) in [5.41, 5.74) is 5.94. The number of aromatic nitrogens is 3. The van der Waals surface area contributed by atoms with Gasteiger partial charge in [0.25, 0.3) is 5.91 Å². The van der Waals surface area contributed by atoms with E-state index in [9.17, 15) is 4.79 Å². The Kier molecular flexibility index (Phi) is 10.4. The van der Waals surface area contributed by atoms with Crippen LogP contribution in [0.5, 0.6) is 11.5 Å². The van der Waals surface area contributed by atoms with Gasteiger partial charge in [0.05, 0.1) is 29.1 Å². The van der Waals surface area contributed by atoms with E-state index < -0.39 is 0 Å². The average Bonchev–Trinajstić information content (AvgIpc) is 3.45. The molecule has 1 heterocycles. The Balaban J connectivity index is 1.21. The van der Waals surface area contributed by atoms with Crippen molar-refractivity contribution >= 4 is 63.0 Å². The van der Waals surface area contributed by atoms with Crippen LogP contribution in [0.15, 0.2) is 106 Å². The topological polar surface area (TPSA) is 90.6 Å². The summed E-state index contributed by atoms with van der Waals surface area (Å²) in [5, 5.41) is 14.4. The van der Waals surface area contributed by atoms with Gasteiger partial charge in [0.2, 0.25) is 0 Å². The lowest BCUT2D eigenvalue weighted by atomic mass is 10.2. The number of ether oxygens (including phenoxy) is 2. The van der Waals surface area contributed by atoms with Crippen molar-refractivity contribution in [1.29, 1.82) is 0 Å². The fourth-order valence-corrected chi connectivity index (χ4v) is 5.47. The van der Waals surface area contributed by atoms with Gasteiger partial charge in [0.15, 0.2) is 22.5 Å². The average molecular weight is 697 g/mol. The maximum atomic E-state index is 12.6. The minimum atomic E-state index is -0.290.